The van der Waals surface area contributed by atoms with Gasteiger partial charge >= 0.3 is 5.97 Å². The molecule has 2 amide bonds. The van der Waals surface area contributed by atoms with E-state index >= 15 is 0 Å². The van der Waals surface area contributed by atoms with E-state index in [1.165, 1.54) is 0 Å². The van der Waals surface area contributed by atoms with Crippen LogP contribution in [-0.4, -0.2) is 36.7 Å². The van der Waals surface area contributed by atoms with Crippen molar-refractivity contribution in [3.63, 3.8) is 0 Å². The molecule has 0 bridgehead atoms. The predicted molar refractivity (Wildman–Crippen MR) is 104 cm³/mol. The summed E-state index contributed by atoms with van der Waals surface area (Å²) in [6.07, 6.45) is 0.358. The molecule has 0 fully saturated rings. The number of ketones is 1. The maximum atomic E-state index is 12.1. The summed E-state index contributed by atoms with van der Waals surface area (Å²) in [6, 6.07) is 13.2. The van der Waals surface area contributed by atoms with E-state index in [0.29, 0.717) is 23.2 Å². The smallest absolute Gasteiger partial charge is 0.325 e. The molecular weight excluding hydrogens is 360 g/mol. The van der Waals surface area contributed by atoms with Crippen molar-refractivity contribution < 1.29 is 23.9 Å². The Balaban J connectivity index is 1.78. The van der Waals surface area contributed by atoms with Gasteiger partial charge in [-0.1, -0.05) is 24.6 Å². The van der Waals surface area contributed by atoms with Crippen molar-refractivity contribution in [2.24, 2.45) is 0 Å². The minimum atomic E-state index is -0.707. The Kier molecular flexibility index (Phi) is 7.45. The maximum absolute atomic E-state index is 12.1. The Morgan fingerprint density at radius 1 is 0.964 bits per heavy atom. The number of carbonyl (C=O) groups is 4. The van der Waals surface area contributed by atoms with Gasteiger partial charge in [0.25, 0.3) is 5.91 Å². The third-order valence-electron chi connectivity index (χ3n) is 3.85. The number of nitrogens with one attached hydrogen (secondary N) is 2. The summed E-state index contributed by atoms with van der Waals surface area (Å²) < 4.78 is 4.91. The SMILES string of the molecule is CCC(=O)Nc1ccc(C(=O)COC(=O)CNC(=O)c2cccc(C)c2)cc1. The largest absolute Gasteiger partial charge is 0.456 e. The van der Waals surface area contributed by atoms with E-state index in [9.17, 15) is 19.2 Å². The molecule has 0 radical (unpaired) electrons. The number of amides is 2. The van der Waals surface area contributed by atoms with E-state index in [1.807, 2.05) is 13.0 Å². The first kappa shape index (κ1) is 20.8. The zero-order valence-electron chi connectivity index (χ0n) is 15.8. The molecule has 0 unspecified atom stereocenters. The molecule has 0 atom stereocenters. The molecule has 0 aliphatic rings. The molecule has 0 aliphatic carbocycles. The number of hydrogen-bond donors (Lipinski definition) is 2. The first-order valence-corrected chi connectivity index (χ1v) is 8.82. The molecule has 0 aromatic heterocycles. The molecule has 0 saturated carbocycles. The molecule has 0 aliphatic heterocycles. The van der Waals surface area contributed by atoms with Crippen LogP contribution >= 0.6 is 0 Å². The second-order valence-electron chi connectivity index (χ2n) is 6.12. The van der Waals surface area contributed by atoms with Crippen molar-refractivity contribution in [3.8, 4) is 0 Å². The zero-order chi connectivity index (χ0) is 20.5. The fourth-order valence-electron chi connectivity index (χ4n) is 2.31. The van der Waals surface area contributed by atoms with Crippen LogP contribution in [0.3, 0.4) is 0 Å². The Morgan fingerprint density at radius 2 is 1.68 bits per heavy atom. The van der Waals surface area contributed by atoms with E-state index in [1.54, 1.807) is 49.4 Å². The highest BCUT2D eigenvalue weighted by Crippen LogP contribution is 2.10. The summed E-state index contributed by atoms with van der Waals surface area (Å²) in [6.45, 7) is 2.84. The lowest BCUT2D eigenvalue weighted by molar-refractivity contribution is -0.141. The summed E-state index contributed by atoms with van der Waals surface area (Å²) in [5, 5.41) is 5.13. The Bertz CT molecular complexity index is 875. The molecule has 7 nitrogen and oxygen atoms in total. The Labute approximate surface area is 163 Å². The molecule has 2 N–H and O–H groups in total. The van der Waals surface area contributed by atoms with Gasteiger partial charge in [0, 0.05) is 23.2 Å². The normalized spacial score (nSPS) is 10.1. The van der Waals surface area contributed by atoms with Gasteiger partial charge in [-0.2, -0.15) is 0 Å². The van der Waals surface area contributed by atoms with Crippen LogP contribution in [0.1, 0.15) is 39.6 Å². The van der Waals surface area contributed by atoms with E-state index < -0.39 is 18.5 Å². The van der Waals surface area contributed by atoms with Gasteiger partial charge in [-0.05, 0) is 43.3 Å². The van der Waals surface area contributed by atoms with Crippen molar-refractivity contribution in [2.75, 3.05) is 18.5 Å². The van der Waals surface area contributed by atoms with Crippen LogP contribution in [0.4, 0.5) is 5.69 Å². The molecule has 146 valence electrons. The lowest BCUT2D eigenvalue weighted by Crippen LogP contribution is -2.31. The summed E-state index contributed by atoms with van der Waals surface area (Å²) >= 11 is 0. The predicted octanol–water partition coefficient (Wildman–Crippen LogP) is 2.50. The topological polar surface area (TPSA) is 102 Å². The fourth-order valence-corrected chi connectivity index (χ4v) is 2.31. The van der Waals surface area contributed by atoms with Gasteiger partial charge < -0.3 is 15.4 Å². The van der Waals surface area contributed by atoms with Crippen LogP contribution in [0, 0.1) is 6.92 Å². The number of anilines is 1. The van der Waals surface area contributed by atoms with Gasteiger partial charge in [0.1, 0.15) is 6.54 Å². The van der Waals surface area contributed by atoms with E-state index in [0.717, 1.165) is 5.56 Å². The summed E-state index contributed by atoms with van der Waals surface area (Å²) in [5.74, 6) is -1.61. The number of esters is 1. The third-order valence-corrected chi connectivity index (χ3v) is 3.85. The monoisotopic (exact) mass is 382 g/mol. The average molecular weight is 382 g/mol. The van der Waals surface area contributed by atoms with Gasteiger partial charge in [0.2, 0.25) is 5.91 Å². The minimum Gasteiger partial charge on any atom is -0.456 e. The number of carbonyl (C=O) groups excluding carboxylic acids is 4. The van der Waals surface area contributed by atoms with Crippen LogP contribution in [-0.2, 0) is 14.3 Å². The molecule has 0 heterocycles. The Morgan fingerprint density at radius 3 is 2.32 bits per heavy atom. The number of ether oxygens (including phenoxy) is 1. The summed E-state index contributed by atoms with van der Waals surface area (Å²) in [5.41, 5.74) is 2.31. The van der Waals surface area contributed by atoms with Crippen LogP contribution < -0.4 is 10.6 Å². The van der Waals surface area contributed by atoms with E-state index in [2.05, 4.69) is 10.6 Å². The number of rotatable bonds is 8. The maximum Gasteiger partial charge on any atom is 0.325 e. The van der Waals surface area contributed by atoms with Crippen molar-refractivity contribution in [3.05, 3.63) is 65.2 Å². The van der Waals surface area contributed by atoms with E-state index in [-0.39, 0.29) is 18.2 Å². The number of aryl methyl sites for hydroxylation is 1. The molecule has 2 aromatic carbocycles. The second kappa shape index (κ2) is 10.0. The quantitative estimate of drug-likeness (QED) is 0.540. The van der Waals surface area contributed by atoms with Gasteiger partial charge in [-0.15, -0.1) is 0 Å². The number of benzene rings is 2. The number of Topliss-reactive ketones (excluding diaryl/α,β-unsaturated/α-hetero) is 1. The van der Waals surface area contributed by atoms with Crippen molar-refractivity contribution in [1.29, 1.82) is 0 Å². The highest BCUT2D eigenvalue weighted by atomic mass is 16.5. The van der Waals surface area contributed by atoms with Crippen LogP contribution in [0.2, 0.25) is 0 Å². The van der Waals surface area contributed by atoms with Crippen molar-refractivity contribution >= 4 is 29.3 Å². The molecule has 28 heavy (non-hydrogen) atoms. The molecule has 0 saturated heterocycles. The lowest BCUT2D eigenvalue weighted by Gasteiger charge is -2.07. The first-order valence-electron chi connectivity index (χ1n) is 8.82. The molecule has 2 aromatic rings. The highest BCUT2D eigenvalue weighted by molar-refractivity contribution is 5.99. The summed E-state index contributed by atoms with van der Waals surface area (Å²) in [7, 11) is 0. The van der Waals surface area contributed by atoms with Crippen LogP contribution in [0.15, 0.2) is 48.5 Å². The van der Waals surface area contributed by atoms with Crippen LogP contribution in [0.25, 0.3) is 0 Å². The molecule has 7 heteroatoms. The van der Waals surface area contributed by atoms with Gasteiger partial charge in [0.15, 0.2) is 12.4 Å². The second-order valence-corrected chi connectivity index (χ2v) is 6.12. The molecular formula is C21H22N2O5. The van der Waals surface area contributed by atoms with Gasteiger partial charge in [0.05, 0.1) is 0 Å². The fraction of sp³-hybridized carbons (Fsp3) is 0.238. The first-order chi connectivity index (χ1) is 13.4. The minimum absolute atomic E-state index is 0.124. The van der Waals surface area contributed by atoms with Crippen molar-refractivity contribution in [1.82, 2.24) is 5.32 Å². The van der Waals surface area contributed by atoms with Gasteiger partial charge in [-0.3, -0.25) is 19.2 Å². The third kappa shape index (κ3) is 6.35. The molecule has 0 spiro atoms. The average Bonchev–Trinajstić information content (AvgIpc) is 2.70. The summed E-state index contributed by atoms with van der Waals surface area (Å²) in [4.78, 5) is 47.1. The highest BCUT2D eigenvalue weighted by Gasteiger charge is 2.12. The Hall–Kier alpha value is -3.48. The zero-order valence-corrected chi connectivity index (χ0v) is 15.8. The van der Waals surface area contributed by atoms with E-state index in [4.69, 9.17) is 4.74 Å². The standard InChI is InChI=1S/C21H22N2O5/c1-3-19(25)23-17-9-7-15(8-10-17)18(24)13-28-20(26)12-22-21(27)16-6-4-5-14(2)11-16/h4-11H,3,12-13H2,1-2H3,(H,22,27)(H,23,25). The lowest BCUT2D eigenvalue weighted by atomic mass is 10.1. The molecule has 2 rings (SSSR count). The number of hydrogen-bond acceptors (Lipinski definition) is 5. The van der Waals surface area contributed by atoms with Gasteiger partial charge in [-0.25, -0.2) is 0 Å². The van der Waals surface area contributed by atoms with Crippen LogP contribution in [0.5, 0.6) is 0 Å². The van der Waals surface area contributed by atoms with Crippen molar-refractivity contribution in [2.45, 2.75) is 20.3 Å².